The molecule has 3 aromatic rings. The number of benzene rings is 3. The van der Waals surface area contributed by atoms with Crippen LogP contribution in [0.15, 0.2) is 70.7 Å². The Kier molecular flexibility index (Phi) is 5.76. The van der Waals surface area contributed by atoms with Crippen LogP contribution in [0, 0.1) is 6.92 Å². The first-order valence-corrected chi connectivity index (χ1v) is 10.3. The monoisotopic (exact) mass is 382 g/mol. The zero-order valence-electron chi connectivity index (χ0n) is 15.3. The highest BCUT2D eigenvalue weighted by molar-refractivity contribution is 7.89. The molecule has 0 saturated carbocycles. The van der Waals surface area contributed by atoms with Crippen LogP contribution in [0.2, 0.25) is 0 Å². The van der Waals surface area contributed by atoms with Crippen molar-refractivity contribution in [1.82, 2.24) is 4.83 Å². The summed E-state index contributed by atoms with van der Waals surface area (Å²) in [5.41, 5.74) is 1.74. The molecule has 0 saturated heterocycles. The predicted molar refractivity (Wildman–Crippen MR) is 109 cm³/mol. The summed E-state index contributed by atoms with van der Waals surface area (Å²) in [5, 5.41) is 5.97. The van der Waals surface area contributed by atoms with Crippen molar-refractivity contribution < 1.29 is 13.2 Å². The summed E-state index contributed by atoms with van der Waals surface area (Å²) in [4.78, 5) is 2.45. The molecule has 3 aromatic carbocycles. The van der Waals surface area contributed by atoms with E-state index in [0.717, 1.165) is 28.3 Å². The summed E-state index contributed by atoms with van der Waals surface area (Å²) >= 11 is 0. The van der Waals surface area contributed by atoms with E-state index in [1.165, 1.54) is 6.21 Å². The van der Waals surface area contributed by atoms with E-state index in [0.29, 0.717) is 12.4 Å². The molecule has 0 atom stereocenters. The number of hydrogen-bond acceptors (Lipinski definition) is 4. The van der Waals surface area contributed by atoms with E-state index in [4.69, 9.17) is 4.74 Å². The normalized spacial score (nSPS) is 11.8. The summed E-state index contributed by atoms with van der Waals surface area (Å²) in [5.74, 6) is 0.675. The van der Waals surface area contributed by atoms with E-state index in [1.54, 1.807) is 24.3 Å². The van der Waals surface area contributed by atoms with Gasteiger partial charge >= 0.3 is 0 Å². The van der Waals surface area contributed by atoms with Gasteiger partial charge in [-0.3, -0.25) is 0 Å². The third-order valence-electron chi connectivity index (χ3n) is 4.09. The average Bonchev–Trinajstić information content (AvgIpc) is 2.67. The van der Waals surface area contributed by atoms with E-state index < -0.39 is 10.0 Å². The van der Waals surface area contributed by atoms with Gasteiger partial charge in [-0.1, -0.05) is 55.0 Å². The molecule has 0 aliphatic rings. The molecule has 6 heteroatoms. The summed E-state index contributed by atoms with van der Waals surface area (Å²) in [7, 11) is -3.72. The van der Waals surface area contributed by atoms with Crippen molar-refractivity contribution in [3.63, 3.8) is 0 Å². The molecule has 0 heterocycles. The van der Waals surface area contributed by atoms with Gasteiger partial charge in [-0.05, 0) is 42.3 Å². The predicted octanol–water partition coefficient (Wildman–Crippen LogP) is 4.25. The van der Waals surface area contributed by atoms with Crippen LogP contribution >= 0.6 is 0 Å². The molecule has 0 amide bonds. The molecule has 3 rings (SSSR count). The number of fused-ring (bicyclic) bond motifs is 1. The van der Waals surface area contributed by atoms with Gasteiger partial charge in [-0.2, -0.15) is 13.5 Å². The lowest BCUT2D eigenvalue weighted by Gasteiger charge is -2.11. The van der Waals surface area contributed by atoms with Crippen molar-refractivity contribution in [2.24, 2.45) is 5.10 Å². The van der Waals surface area contributed by atoms with Gasteiger partial charge in [0.15, 0.2) is 0 Å². The zero-order chi connectivity index (χ0) is 19.3. The second-order valence-electron chi connectivity index (χ2n) is 6.21. The number of nitrogens with zero attached hydrogens (tertiary/aromatic N) is 1. The molecule has 0 fully saturated rings. The van der Waals surface area contributed by atoms with Crippen LogP contribution in [-0.2, 0) is 10.0 Å². The molecular formula is C21H22N2O3S. The van der Waals surface area contributed by atoms with Crippen molar-refractivity contribution in [1.29, 1.82) is 0 Å². The Hall–Kier alpha value is -2.86. The maximum absolute atomic E-state index is 12.4. The van der Waals surface area contributed by atoms with E-state index in [9.17, 15) is 8.42 Å². The molecule has 0 aromatic heterocycles. The van der Waals surface area contributed by atoms with Gasteiger partial charge in [0.1, 0.15) is 5.75 Å². The van der Waals surface area contributed by atoms with Crippen LogP contribution in [0.25, 0.3) is 10.8 Å². The third kappa shape index (κ3) is 4.46. The summed E-state index contributed by atoms with van der Waals surface area (Å²) < 4.78 is 30.6. The maximum Gasteiger partial charge on any atom is 0.276 e. The second kappa shape index (κ2) is 8.22. The minimum atomic E-state index is -3.72. The number of ether oxygens (including phenoxy) is 1. The molecule has 0 aliphatic carbocycles. The Labute approximate surface area is 159 Å². The standard InChI is InChI=1S/C21H22N2O3S/c1-3-14-26-21-13-10-17-6-4-5-7-19(17)20(21)15-22-23-27(24,25)18-11-8-16(2)9-12-18/h4-13,15,23H,3,14H2,1-2H3/b22-15-. The van der Waals surface area contributed by atoms with E-state index in [-0.39, 0.29) is 4.90 Å². The van der Waals surface area contributed by atoms with Crippen LogP contribution in [0.4, 0.5) is 0 Å². The van der Waals surface area contributed by atoms with Gasteiger partial charge in [0.05, 0.1) is 17.7 Å². The van der Waals surface area contributed by atoms with Crippen molar-refractivity contribution in [3.8, 4) is 5.75 Å². The van der Waals surface area contributed by atoms with Gasteiger partial charge < -0.3 is 4.74 Å². The topological polar surface area (TPSA) is 67.8 Å². The summed E-state index contributed by atoms with van der Waals surface area (Å²) in [6, 6.07) is 18.3. The molecule has 140 valence electrons. The highest BCUT2D eigenvalue weighted by atomic mass is 32.2. The Morgan fingerprint density at radius 3 is 2.52 bits per heavy atom. The molecule has 0 unspecified atom stereocenters. The zero-order valence-corrected chi connectivity index (χ0v) is 16.2. The fourth-order valence-corrected chi connectivity index (χ4v) is 3.47. The summed E-state index contributed by atoms with van der Waals surface area (Å²) in [6.45, 7) is 4.51. The van der Waals surface area contributed by atoms with Crippen LogP contribution in [0.5, 0.6) is 5.75 Å². The fraction of sp³-hybridized carbons (Fsp3) is 0.190. The largest absolute Gasteiger partial charge is 0.493 e. The minimum Gasteiger partial charge on any atom is -0.493 e. The SMILES string of the molecule is CCCOc1ccc2ccccc2c1/C=N\NS(=O)(=O)c1ccc(C)cc1. The smallest absolute Gasteiger partial charge is 0.276 e. The minimum absolute atomic E-state index is 0.172. The highest BCUT2D eigenvalue weighted by Gasteiger charge is 2.12. The van der Waals surface area contributed by atoms with E-state index in [2.05, 4.69) is 9.93 Å². The molecule has 1 N–H and O–H groups in total. The molecule has 0 aliphatic heterocycles. The van der Waals surface area contributed by atoms with E-state index in [1.807, 2.05) is 50.2 Å². The third-order valence-corrected chi connectivity index (χ3v) is 5.33. The Bertz CT molecular complexity index is 1060. The first-order chi connectivity index (χ1) is 13.0. The average molecular weight is 382 g/mol. The van der Waals surface area contributed by atoms with Crippen LogP contribution in [-0.4, -0.2) is 21.2 Å². The fourth-order valence-electron chi connectivity index (χ4n) is 2.68. The second-order valence-corrected chi connectivity index (χ2v) is 7.87. The van der Waals surface area contributed by atoms with Crippen LogP contribution in [0.1, 0.15) is 24.5 Å². The maximum atomic E-state index is 12.4. The van der Waals surface area contributed by atoms with Crippen LogP contribution in [0.3, 0.4) is 0 Å². The first kappa shape index (κ1) is 18.9. The number of aryl methyl sites for hydroxylation is 1. The molecule has 0 bridgehead atoms. The lowest BCUT2D eigenvalue weighted by molar-refractivity contribution is 0.317. The van der Waals surface area contributed by atoms with E-state index >= 15 is 0 Å². The van der Waals surface area contributed by atoms with Gasteiger partial charge in [0, 0.05) is 5.56 Å². The molecular weight excluding hydrogens is 360 g/mol. The lowest BCUT2D eigenvalue weighted by atomic mass is 10.0. The Morgan fingerprint density at radius 2 is 1.78 bits per heavy atom. The highest BCUT2D eigenvalue weighted by Crippen LogP contribution is 2.27. The number of hydrogen-bond donors (Lipinski definition) is 1. The Balaban J connectivity index is 1.91. The van der Waals surface area contributed by atoms with Crippen molar-refractivity contribution in [2.45, 2.75) is 25.2 Å². The van der Waals surface area contributed by atoms with Gasteiger partial charge in [0.2, 0.25) is 0 Å². The van der Waals surface area contributed by atoms with Crippen molar-refractivity contribution in [2.75, 3.05) is 6.61 Å². The molecule has 5 nitrogen and oxygen atoms in total. The lowest BCUT2D eigenvalue weighted by Crippen LogP contribution is -2.18. The van der Waals surface area contributed by atoms with Crippen molar-refractivity contribution in [3.05, 3.63) is 71.8 Å². The van der Waals surface area contributed by atoms with Gasteiger partial charge in [-0.25, -0.2) is 4.83 Å². The van der Waals surface area contributed by atoms with Crippen molar-refractivity contribution >= 4 is 27.0 Å². The quantitative estimate of drug-likeness (QED) is 0.491. The summed E-state index contributed by atoms with van der Waals surface area (Å²) in [6.07, 6.45) is 2.38. The Morgan fingerprint density at radius 1 is 1.04 bits per heavy atom. The number of nitrogens with one attached hydrogen (secondary N) is 1. The number of sulfonamides is 1. The molecule has 0 spiro atoms. The van der Waals surface area contributed by atoms with Gasteiger partial charge in [-0.15, -0.1) is 0 Å². The molecule has 0 radical (unpaired) electrons. The number of rotatable bonds is 7. The molecule has 27 heavy (non-hydrogen) atoms. The number of hydrazone groups is 1. The van der Waals surface area contributed by atoms with Crippen LogP contribution < -0.4 is 9.57 Å². The van der Waals surface area contributed by atoms with Gasteiger partial charge in [0.25, 0.3) is 10.0 Å². The first-order valence-electron chi connectivity index (χ1n) is 8.77.